The van der Waals surface area contributed by atoms with Gasteiger partial charge in [0.1, 0.15) is 6.04 Å². The number of aliphatic hydroxyl groups is 1. The van der Waals surface area contributed by atoms with Crippen LogP contribution in [0.25, 0.3) is 10.9 Å². The fourth-order valence-corrected chi connectivity index (χ4v) is 5.20. The lowest BCUT2D eigenvalue weighted by molar-refractivity contribution is -0.158. The van der Waals surface area contributed by atoms with E-state index in [1.54, 1.807) is 9.80 Å². The van der Waals surface area contributed by atoms with Gasteiger partial charge in [-0.1, -0.05) is 24.3 Å². The Labute approximate surface area is 184 Å². The van der Waals surface area contributed by atoms with Gasteiger partial charge < -0.3 is 29.4 Å². The van der Waals surface area contributed by atoms with Gasteiger partial charge in [0.2, 0.25) is 18.6 Å². The van der Waals surface area contributed by atoms with Crippen LogP contribution < -0.4 is 9.47 Å². The number of fused-ring (bicyclic) bond motifs is 5. The SMILES string of the molecule is O=C1C2Cc3c([nH]c4ccccc34)C(c3ccc4c(c3)OCO4)N2C(=O)CN1CCCO. The summed E-state index contributed by atoms with van der Waals surface area (Å²) in [6.45, 7) is 0.552. The van der Waals surface area contributed by atoms with Crippen molar-refractivity contribution in [1.29, 1.82) is 0 Å². The molecule has 3 aliphatic heterocycles. The number of nitrogens with zero attached hydrogens (tertiary/aromatic N) is 2. The minimum absolute atomic E-state index is 0.0151. The van der Waals surface area contributed by atoms with Crippen LogP contribution >= 0.6 is 0 Å². The number of rotatable bonds is 4. The topological polar surface area (TPSA) is 95.1 Å². The largest absolute Gasteiger partial charge is 0.454 e. The van der Waals surface area contributed by atoms with Gasteiger partial charge in [0.05, 0.1) is 12.6 Å². The van der Waals surface area contributed by atoms with Crippen LogP contribution in [0.3, 0.4) is 0 Å². The molecule has 3 aromatic rings. The number of aliphatic hydroxyl groups excluding tert-OH is 1. The molecule has 8 heteroatoms. The summed E-state index contributed by atoms with van der Waals surface area (Å²) in [5, 5.41) is 10.3. The Morgan fingerprint density at radius 2 is 1.94 bits per heavy atom. The van der Waals surface area contributed by atoms with Gasteiger partial charge in [0.25, 0.3) is 0 Å². The minimum atomic E-state index is -0.586. The van der Waals surface area contributed by atoms with Crippen molar-refractivity contribution in [3.8, 4) is 11.5 Å². The lowest BCUT2D eigenvalue weighted by Crippen LogP contribution is -2.63. The first-order valence-electron chi connectivity index (χ1n) is 10.9. The van der Waals surface area contributed by atoms with Gasteiger partial charge >= 0.3 is 0 Å². The first kappa shape index (κ1) is 19.2. The molecular weight excluding hydrogens is 410 g/mol. The first-order chi connectivity index (χ1) is 15.7. The van der Waals surface area contributed by atoms with Crippen LogP contribution in [-0.4, -0.2) is 64.2 Å². The lowest BCUT2D eigenvalue weighted by atomic mass is 9.86. The van der Waals surface area contributed by atoms with Crippen molar-refractivity contribution in [2.45, 2.75) is 24.9 Å². The molecule has 2 N–H and O–H groups in total. The molecule has 4 heterocycles. The molecule has 1 fully saturated rings. The summed E-state index contributed by atoms with van der Waals surface area (Å²) in [5.74, 6) is 1.15. The monoisotopic (exact) mass is 433 g/mol. The molecule has 2 unspecified atom stereocenters. The fraction of sp³-hybridized carbons (Fsp3) is 0.333. The molecule has 0 saturated carbocycles. The van der Waals surface area contributed by atoms with E-state index in [-0.39, 0.29) is 31.8 Å². The maximum absolute atomic E-state index is 13.4. The van der Waals surface area contributed by atoms with Crippen LogP contribution in [0.4, 0.5) is 0 Å². The van der Waals surface area contributed by atoms with Crippen LogP contribution in [0.5, 0.6) is 11.5 Å². The second-order valence-electron chi connectivity index (χ2n) is 8.44. The van der Waals surface area contributed by atoms with Gasteiger partial charge in [-0.25, -0.2) is 0 Å². The van der Waals surface area contributed by atoms with E-state index in [1.807, 2.05) is 36.4 Å². The van der Waals surface area contributed by atoms with Gasteiger partial charge in [-0.05, 0) is 35.7 Å². The second-order valence-corrected chi connectivity index (χ2v) is 8.44. The molecule has 0 spiro atoms. The van der Waals surface area contributed by atoms with Crippen LogP contribution in [0.2, 0.25) is 0 Å². The maximum Gasteiger partial charge on any atom is 0.246 e. The number of hydrogen-bond donors (Lipinski definition) is 2. The molecular formula is C24H23N3O5. The first-order valence-corrected chi connectivity index (χ1v) is 10.9. The Morgan fingerprint density at radius 3 is 2.81 bits per heavy atom. The van der Waals surface area contributed by atoms with Crippen molar-refractivity contribution in [1.82, 2.24) is 14.8 Å². The summed E-state index contributed by atoms with van der Waals surface area (Å²) in [6.07, 6.45) is 0.913. The lowest BCUT2D eigenvalue weighted by Gasteiger charge is -2.47. The van der Waals surface area contributed by atoms with Crippen LogP contribution in [0.15, 0.2) is 42.5 Å². The van der Waals surface area contributed by atoms with E-state index in [4.69, 9.17) is 9.47 Å². The standard InChI is InChI=1S/C24H23N3O5/c28-9-3-8-26-12-21(29)27-18(24(26)30)11-16-15-4-1-2-5-17(15)25-22(16)23(27)14-6-7-19-20(10-14)32-13-31-19/h1-2,4-7,10,18,23,25,28H,3,8-9,11-13H2. The Kier molecular flexibility index (Phi) is 4.36. The Morgan fingerprint density at radius 1 is 1.09 bits per heavy atom. The van der Waals surface area contributed by atoms with E-state index in [2.05, 4.69) is 11.1 Å². The van der Waals surface area contributed by atoms with Crippen molar-refractivity contribution >= 4 is 22.7 Å². The minimum Gasteiger partial charge on any atom is -0.454 e. The molecule has 2 aromatic carbocycles. The normalized spacial score (nSPS) is 21.8. The summed E-state index contributed by atoms with van der Waals surface area (Å²) in [6, 6.07) is 12.7. The van der Waals surface area contributed by atoms with Crippen molar-refractivity contribution in [3.63, 3.8) is 0 Å². The highest BCUT2D eigenvalue weighted by atomic mass is 16.7. The highest BCUT2D eigenvalue weighted by Gasteiger charge is 2.48. The third-order valence-electron chi connectivity index (χ3n) is 6.64. The van der Waals surface area contributed by atoms with Gasteiger partial charge in [-0.15, -0.1) is 0 Å². The zero-order chi connectivity index (χ0) is 21.8. The molecule has 1 aromatic heterocycles. The summed E-state index contributed by atoms with van der Waals surface area (Å²) in [5.41, 5.74) is 3.86. The van der Waals surface area contributed by atoms with E-state index in [9.17, 15) is 14.7 Å². The van der Waals surface area contributed by atoms with E-state index in [1.165, 1.54) is 0 Å². The highest BCUT2D eigenvalue weighted by molar-refractivity contribution is 5.97. The van der Waals surface area contributed by atoms with Gasteiger partial charge in [-0.3, -0.25) is 9.59 Å². The van der Waals surface area contributed by atoms with Gasteiger partial charge in [0.15, 0.2) is 11.5 Å². The number of piperazine rings is 1. The zero-order valence-corrected chi connectivity index (χ0v) is 17.4. The second kappa shape index (κ2) is 7.27. The Hall–Kier alpha value is -3.52. The van der Waals surface area contributed by atoms with Crippen LogP contribution in [0.1, 0.15) is 29.3 Å². The van der Waals surface area contributed by atoms with Crippen LogP contribution in [-0.2, 0) is 16.0 Å². The number of aromatic amines is 1. The molecule has 2 atom stereocenters. The smallest absolute Gasteiger partial charge is 0.246 e. The number of hydrogen-bond acceptors (Lipinski definition) is 5. The quantitative estimate of drug-likeness (QED) is 0.656. The third-order valence-corrected chi connectivity index (χ3v) is 6.64. The van der Waals surface area contributed by atoms with E-state index in [0.717, 1.165) is 27.7 Å². The molecule has 164 valence electrons. The summed E-state index contributed by atoms with van der Waals surface area (Å²) in [4.78, 5) is 33.7. The number of ether oxygens (including phenoxy) is 2. The average Bonchev–Trinajstić information content (AvgIpc) is 3.43. The van der Waals surface area contributed by atoms with E-state index < -0.39 is 12.1 Å². The van der Waals surface area contributed by atoms with E-state index >= 15 is 0 Å². The molecule has 6 rings (SSSR count). The number of para-hydroxylation sites is 1. The molecule has 2 amide bonds. The van der Waals surface area contributed by atoms with Gasteiger partial charge in [0, 0.05) is 36.2 Å². The van der Waals surface area contributed by atoms with Crippen molar-refractivity contribution in [2.24, 2.45) is 0 Å². The molecule has 32 heavy (non-hydrogen) atoms. The van der Waals surface area contributed by atoms with Gasteiger partial charge in [-0.2, -0.15) is 0 Å². The number of H-pyrrole nitrogens is 1. The van der Waals surface area contributed by atoms with Crippen LogP contribution in [0, 0.1) is 0 Å². The summed E-state index contributed by atoms with van der Waals surface area (Å²) in [7, 11) is 0. The Bertz CT molecular complexity index is 1240. The Balaban J connectivity index is 1.51. The number of amides is 2. The summed E-state index contributed by atoms with van der Waals surface area (Å²) < 4.78 is 11.1. The fourth-order valence-electron chi connectivity index (χ4n) is 5.20. The maximum atomic E-state index is 13.4. The molecule has 3 aliphatic rings. The van der Waals surface area contributed by atoms with E-state index in [0.29, 0.717) is 30.9 Å². The number of aromatic nitrogens is 1. The zero-order valence-electron chi connectivity index (χ0n) is 17.4. The molecule has 1 saturated heterocycles. The number of carbonyl (C=O) groups is 2. The predicted octanol–water partition coefficient (Wildman–Crippen LogP) is 1.96. The number of nitrogens with one attached hydrogen (secondary N) is 1. The van der Waals surface area contributed by atoms with Crippen molar-refractivity contribution in [3.05, 3.63) is 59.3 Å². The van der Waals surface area contributed by atoms with Crippen molar-refractivity contribution in [2.75, 3.05) is 26.5 Å². The predicted molar refractivity (Wildman–Crippen MR) is 115 cm³/mol. The molecule has 0 bridgehead atoms. The molecule has 0 radical (unpaired) electrons. The molecule has 8 nitrogen and oxygen atoms in total. The number of benzene rings is 2. The average molecular weight is 433 g/mol. The third kappa shape index (κ3) is 2.79. The van der Waals surface area contributed by atoms with Crippen molar-refractivity contribution < 1.29 is 24.2 Å². The summed E-state index contributed by atoms with van der Waals surface area (Å²) >= 11 is 0. The number of carbonyl (C=O) groups excluding carboxylic acids is 2. The highest BCUT2D eigenvalue weighted by Crippen LogP contribution is 2.44. The molecule has 0 aliphatic carbocycles.